The summed E-state index contributed by atoms with van der Waals surface area (Å²) < 4.78 is 5.07. The SMILES string of the molecule is CCOC(=O)c1ccc(C#Cc2ccc(O)cc2Cl)c(-c2ccc(C(N)=O)nc2)c1. The van der Waals surface area contributed by atoms with E-state index in [9.17, 15) is 14.7 Å². The number of ether oxygens (including phenoxy) is 1. The third-order valence-corrected chi connectivity index (χ3v) is 4.45. The largest absolute Gasteiger partial charge is 0.508 e. The van der Waals surface area contributed by atoms with Crippen LogP contribution in [0, 0.1) is 11.8 Å². The van der Waals surface area contributed by atoms with Gasteiger partial charge in [-0.2, -0.15) is 0 Å². The molecule has 30 heavy (non-hydrogen) atoms. The van der Waals surface area contributed by atoms with Crippen LogP contribution in [-0.2, 0) is 4.74 Å². The number of hydrogen-bond acceptors (Lipinski definition) is 5. The van der Waals surface area contributed by atoms with E-state index in [0.29, 0.717) is 32.8 Å². The maximum atomic E-state index is 12.2. The number of pyridine rings is 1. The predicted octanol–water partition coefficient (Wildman–Crippen LogP) is 3.78. The van der Waals surface area contributed by atoms with Crippen LogP contribution < -0.4 is 5.73 Å². The topological polar surface area (TPSA) is 103 Å². The highest BCUT2D eigenvalue weighted by Gasteiger charge is 2.12. The number of amides is 1. The molecule has 0 aliphatic rings. The molecule has 0 spiro atoms. The Morgan fingerprint density at radius 1 is 1.10 bits per heavy atom. The number of phenolic OH excluding ortho intramolecular Hbond substituents is 1. The standard InChI is InChI=1S/C23H17ClN2O4/c1-2-30-23(29)16-6-4-14(3-5-15-7-9-18(27)12-20(15)24)19(11-16)17-8-10-21(22(25)28)26-13-17/h4,6-13,27H,2H2,1H3,(H2,25,28). The van der Waals surface area contributed by atoms with Crippen molar-refractivity contribution >= 4 is 23.5 Å². The molecular weight excluding hydrogens is 404 g/mol. The molecule has 3 N–H and O–H groups in total. The maximum Gasteiger partial charge on any atom is 0.338 e. The normalized spacial score (nSPS) is 10.1. The smallest absolute Gasteiger partial charge is 0.338 e. The van der Waals surface area contributed by atoms with Crippen LogP contribution in [0.5, 0.6) is 5.75 Å². The molecule has 0 unspecified atom stereocenters. The Bertz CT molecular complexity index is 1180. The molecule has 3 rings (SSSR count). The Balaban J connectivity index is 2.09. The molecule has 0 bridgehead atoms. The van der Waals surface area contributed by atoms with Crippen molar-refractivity contribution in [1.29, 1.82) is 0 Å². The molecule has 0 atom stereocenters. The van der Waals surface area contributed by atoms with Gasteiger partial charge in [0, 0.05) is 22.9 Å². The van der Waals surface area contributed by atoms with E-state index < -0.39 is 11.9 Å². The number of esters is 1. The zero-order valence-electron chi connectivity index (χ0n) is 16.0. The lowest BCUT2D eigenvalue weighted by molar-refractivity contribution is 0.0526. The molecule has 0 saturated carbocycles. The highest BCUT2D eigenvalue weighted by Crippen LogP contribution is 2.26. The monoisotopic (exact) mass is 420 g/mol. The third-order valence-electron chi connectivity index (χ3n) is 4.14. The van der Waals surface area contributed by atoms with Crippen molar-refractivity contribution in [3.63, 3.8) is 0 Å². The number of aromatic hydroxyl groups is 1. The Morgan fingerprint density at radius 2 is 1.83 bits per heavy atom. The first-order valence-electron chi connectivity index (χ1n) is 8.97. The molecule has 2 aromatic carbocycles. The van der Waals surface area contributed by atoms with Gasteiger partial charge in [0.1, 0.15) is 11.4 Å². The number of carbonyl (C=O) groups is 2. The van der Waals surface area contributed by atoms with E-state index in [0.717, 1.165) is 0 Å². The molecule has 3 aromatic rings. The molecule has 7 heteroatoms. The number of phenols is 1. The molecular formula is C23H17ClN2O4. The van der Waals surface area contributed by atoms with Crippen molar-refractivity contribution in [2.45, 2.75) is 6.92 Å². The van der Waals surface area contributed by atoms with E-state index >= 15 is 0 Å². The van der Waals surface area contributed by atoms with Gasteiger partial charge in [-0.15, -0.1) is 0 Å². The van der Waals surface area contributed by atoms with E-state index in [4.69, 9.17) is 22.1 Å². The van der Waals surface area contributed by atoms with Crippen molar-refractivity contribution in [2.75, 3.05) is 6.61 Å². The van der Waals surface area contributed by atoms with E-state index in [2.05, 4.69) is 16.8 Å². The van der Waals surface area contributed by atoms with Gasteiger partial charge in [-0.25, -0.2) is 4.79 Å². The van der Waals surface area contributed by atoms with Crippen LogP contribution >= 0.6 is 11.6 Å². The minimum absolute atomic E-state index is 0.0469. The van der Waals surface area contributed by atoms with Gasteiger partial charge in [0.05, 0.1) is 17.2 Å². The summed E-state index contributed by atoms with van der Waals surface area (Å²) in [4.78, 5) is 27.5. The molecule has 0 aliphatic heterocycles. The van der Waals surface area contributed by atoms with Crippen LogP contribution in [-0.4, -0.2) is 28.6 Å². The summed E-state index contributed by atoms with van der Waals surface area (Å²) >= 11 is 6.12. The van der Waals surface area contributed by atoms with Gasteiger partial charge in [0.15, 0.2) is 0 Å². The summed E-state index contributed by atoms with van der Waals surface area (Å²) in [6.45, 7) is 1.98. The first kappa shape index (κ1) is 20.9. The van der Waals surface area contributed by atoms with E-state index in [1.165, 1.54) is 24.4 Å². The average molecular weight is 421 g/mol. The Morgan fingerprint density at radius 3 is 2.47 bits per heavy atom. The number of nitrogens with zero attached hydrogens (tertiary/aromatic N) is 1. The minimum Gasteiger partial charge on any atom is -0.508 e. The fourth-order valence-corrected chi connectivity index (χ4v) is 2.89. The molecule has 0 aliphatic carbocycles. The fourth-order valence-electron chi connectivity index (χ4n) is 2.67. The number of aromatic nitrogens is 1. The van der Waals surface area contributed by atoms with Crippen LogP contribution in [0.4, 0.5) is 0 Å². The molecule has 0 saturated heterocycles. The highest BCUT2D eigenvalue weighted by molar-refractivity contribution is 6.31. The summed E-state index contributed by atoms with van der Waals surface area (Å²) in [6.07, 6.45) is 1.49. The van der Waals surface area contributed by atoms with Gasteiger partial charge in [-0.05, 0) is 55.0 Å². The van der Waals surface area contributed by atoms with E-state index in [1.807, 2.05) is 0 Å². The van der Waals surface area contributed by atoms with Crippen molar-refractivity contribution in [2.24, 2.45) is 5.73 Å². The number of carbonyl (C=O) groups excluding carboxylic acids is 2. The Kier molecular flexibility index (Phi) is 6.35. The van der Waals surface area contributed by atoms with Crippen LogP contribution in [0.3, 0.4) is 0 Å². The van der Waals surface area contributed by atoms with Gasteiger partial charge in [-0.3, -0.25) is 9.78 Å². The van der Waals surface area contributed by atoms with Crippen molar-refractivity contribution < 1.29 is 19.4 Å². The zero-order chi connectivity index (χ0) is 21.7. The van der Waals surface area contributed by atoms with Gasteiger partial charge >= 0.3 is 5.97 Å². The minimum atomic E-state index is -0.635. The molecule has 150 valence electrons. The Hall–Kier alpha value is -3.82. The van der Waals surface area contributed by atoms with Gasteiger partial charge in [0.25, 0.3) is 5.91 Å². The van der Waals surface area contributed by atoms with E-state index in [-0.39, 0.29) is 18.1 Å². The third kappa shape index (κ3) is 4.77. The number of primary amides is 1. The molecule has 1 heterocycles. The molecule has 0 radical (unpaired) electrons. The Labute approximate surface area is 178 Å². The van der Waals surface area contributed by atoms with Gasteiger partial charge in [0.2, 0.25) is 0 Å². The lowest BCUT2D eigenvalue weighted by Crippen LogP contribution is -2.12. The highest BCUT2D eigenvalue weighted by atomic mass is 35.5. The number of rotatable bonds is 4. The second-order valence-electron chi connectivity index (χ2n) is 6.19. The van der Waals surface area contributed by atoms with Gasteiger partial charge < -0.3 is 15.6 Å². The summed E-state index contributed by atoms with van der Waals surface area (Å²) in [7, 11) is 0. The zero-order valence-corrected chi connectivity index (χ0v) is 16.7. The molecule has 1 amide bonds. The summed E-state index contributed by atoms with van der Waals surface area (Å²) in [5, 5.41) is 9.81. The number of nitrogens with two attached hydrogens (primary N) is 1. The summed E-state index contributed by atoms with van der Waals surface area (Å²) in [6, 6.07) is 12.7. The number of hydrogen-bond donors (Lipinski definition) is 2. The van der Waals surface area contributed by atoms with Crippen molar-refractivity contribution in [1.82, 2.24) is 4.98 Å². The maximum absolute atomic E-state index is 12.2. The van der Waals surface area contributed by atoms with Crippen molar-refractivity contribution in [3.05, 3.63) is 82.1 Å². The quantitative estimate of drug-likeness (QED) is 0.494. The summed E-state index contributed by atoms with van der Waals surface area (Å²) in [5.74, 6) is 4.96. The predicted molar refractivity (Wildman–Crippen MR) is 113 cm³/mol. The van der Waals surface area contributed by atoms with Crippen LogP contribution in [0.1, 0.15) is 38.9 Å². The first-order valence-corrected chi connectivity index (χ1v) is 9.34. The number of benzene rings is 2. The lowest BCUT2D eigenvalue weighted by Gasteiger charge is -2.09. The molecule has 6 nitrogen and oxygen atoms in total. The fraction of sp³-hybridized carbons (Fsp3) is 0.0870. The summed E-state index contributed by atoms with van der Waals surface area (Å²) in [5.41, 5.74) is 8.17. The average Bonchev–Trinajstić information content (AvgIpc) is 2.73. The second-order valence-corrected chi connectivity index (χ2v) is 6.60. The first-order chi connectivity index (χ1) is 14.4. The van der Waals surface area contributed by atoms with E-state index in [1.54, 1.807) is 37.3 Å². The second kappa shape index (κ2) is 9.12. The van der Waals surface area contributed by atoms with Crippen LogP contribution in [0.2, 0.25) is 5.02 Å². The van der Waals surface area contributed by atoms with Crippen LogP contribution in [0.25, 0.3) is 11.1 Å². The van der Waals surface area contributed by atoms with Crippen LogP contribution in [0.15, 0.2) is 54.7 Å². The number of halogens is 1. The molecule has 0 fully saturated rings. The van der Waals surface area contributed by atoms with Crippen molar-refractivity contribution in [3.8, 4) is 28.7 Å². The molecule has 1 aromatic heterocycles. The van der Waals surface area contributed by atoms with Gasteiger partial charge in [-0.1, -0.05) is 29.5 Å². The lowest BCUT2D eigenvalue weighted by atomic mass is 9.98.